The predicted octanol–water partition coefficient (Wildman–Crippen LogP) is -9.16. The summed E-state index contributed by atoms with van der Waals surface area (Å²) < 4.78 is 114. The number of hydrogen-bond donors (Lipinski definition) is 12. The first kappa shape index (κ1) is 71.7. The number of ether oxygens (including phenoxy) is 5. The number of aromatic amines is 3. The van der Waals surface area contributed by atoms with Gasteiger partial charge in [-0.3, -0.25) is 61.3 Å². The molecular weight excluding hydrogens is 1470 g/mol. The average Bonchev–Trinajstić information content (AvgIpc) is 1.62. The molecule has 8 aromatic rings. The highest BCUT2D eigenvalue weighted by Gasteiger charge is 2.53. The van der Waals surface area contributed by atoms with E-state index in [1.807, 2.05) is 0 Å². The number of aliphatic hydroxyl groups excluding tert-OH is 5. The third kappa shape index (κ3) is 14.3. The Bertz CT molecular complexity index is 4830. The summed E-state index contributed by atoms with van der Waals surface area (Å²) in [7, 11) is -16.9. The summed E-state index contributed by atoms with van der Waals surface area (Å²) in [6.07, 6.45) is -23.4. The number of anilines is 4. The Morgan fingerprint density at radius 3 is 1.60 bits per heavy atom. The second kappa shape index (κ2) is 27.0. The largest absolute Gasteiger partial charge is 0.780 e. The molecule has 56 heteroatoms. The zero-order valence-electron chi connectivity index (χ0n) is 49.2. The molecule has 16 N–H and O–H groups in total. The van der Waals surface area contributed by atoms with Crippen molar-refractivity contribution in [2.75, 3.05) is 56.5 Å². The van der Waals surface area contributed by atoms with E-state index < -0.39 is 184 Å². The monoisotopic (exact) mass is 1520 g/mol. The fourth-order valence-electron chi connectivity index (χ4n) is 10.9. The topological polar surface area (TPSA) is 717 Å². The van der Waals surface area contributed by atoms with E-state index in [0.29, 0.717) is 0 Å². The normalized spacial score (nSPS) is 30.7. The zero-order valence-corrected chi connectivity index (χ0v) is 55.3. The molecule has 0 amide bonds. The molecule has 12 rings (SSSR count). The maximum atomic E-state index is 14.6. The number of nitrogens with zero attached hydrogens (tertiary/aromatic N) is 13. The summed E-state index contributed by atoms with van der Waals surface area (Å²) in [4.78, 5) is 145. The second-order valence-electron chi connectivity index (χ2n) is 21.5. The van der Waals surface area contributed by atoms with Crippen LogP contribution in [0, 0.1) is 0 Å². The minimum Gasteiger partial charge on any atom is -0.780 e. The van der Waals surface area contributed by atoms with Gasteiger partial charge in [0.1, 0.15) is 98.5 Å². The van der Waals surface area contributed by atoms with Gasteiger partial charge in [-0.15, -0.1) is 0 Å². The number of methoxy groups -OCH3 is 1. The molecule has 98 heavy (non-hydrogen) atoms. The molecule has 8 aromatic heterocycles. The Labute approximate surface area is 552 Å². The molecule has 4 aliphatic rings. The molecule has 12 heterocycles. The first-order valence-corrected chi connectivity index (χ1v) is 37.1. The molecule has 534 valence electrons. The van der Waals surface area contributed by atoms with Crippen molar-refractivity contribution in [3.8, 4) is 0 Å². The van der Waals surface area contributed by atoms with E-state index >= 15 is 0 Å². The van der Waals surface area contributed by atoms with Crippen LogP contribution < -0.4 is 68.6 Å². The van der Waals surface area contributed by atoms with Gasteiger partial charge >= 0.3 is 5.65 Å². The summed E-state index contributed by atoms with van der Waals surface area (Å²) >= 11 is 10.5. The number of fused-ring (bicyclic) bond motifs is 4. The summed E-state index contributed by atoms with van der Waals surface area (Å²) in [5.74, 6) is -1.25. The van der Waals surface area contributed by atoms with Crippen LogP contribution in [0.15, 0.2) is 46.0 Å². The molecule has 0 saturated carbocycles. The van der Waals surface area contributed by atoms with Crippen LogP contribution in [0.2, 0.25) is 0 Å². The van der Waals surface area contributed by atoms with E-state index in [1.165, 1.54) is 17.9 Å². The summed E-state index contributed by atoms with van der Waals surface area (Å²) in [5, 5.41) is 55.6. The Morgan fingerprint density at radius 1 is 0.551 bits per heavy atom. The van der Waals surface area contributed by atoms with Gasteiger partial charge in [0.25, 0.3) is 46.1 Å². The van der Waals surface area contributed by atoms with Gasteiger partial charge in [-0.1, -0.05) is 28.6 Å². The summed E-state index contributed by atoms with van der Waals surface area (Å²) in [6.45, 7) is -15.0. The molecular formula is C42H51N20O29P5S2-4. The standard InChI is InChI=1S/C42H55N20O29P5S2/c1-58-11-62(32-19(58)35(70)57-42(46)54-32)37-23(66)20(63)12(85-37)3-80-92(71,72)90-94(75,76)91-93(73,74)81-5-15-26(27(79-2)39(87-15)59-8-49-16-28(43)47-7-48-29(16)59)89-96(78,98)83-6-14-25(24(67)38(86-14)61-10-51-18-31(61)53-41(45)56-34(18)69)88-95(77,97)82-4-13-21(64)22(65)36(84-13)60-9-50-17-30(60)52-40(44)55-33(17)68/h7-15,20-27,36-39,63-67H,3-6H2,1-2H3,(H15-,43,44,45,46,47,48,52,53,54,55,56,57,68,69,70,71,72,73,74,75,76,77,78,97,98)/p-4. The lowest BCUT2D eigenvalue weighted by atomic mass is 10.1. The molecule has 49 nitrogen and oxygen atoms in total. The number of aliphatic hydroxyl groups is 5. The van der Waals surface area contributed by atoms with Crippen LogP contribution in [0.3, 0.4) is 0 Å². The van der Waals surface area contributed by atoms with E-state index in [9.17, 15) is 78.1 Å². The molecule has 4 saturated heterocycles. The van der Waals surface area contributed by atoms with E-state index in [0.717, 1.165) is 50.7 Å². The zero-order chi connectivity index (χ0) is 70.6. The van der Waals surface area contributed by atoms with Gasteiger partial charge in [0, 0.05) is 7.11 Å². The number of rotatable bonds is 25. The summed E-state index contributed by atoms with van der Waals surface area (Å²) in [6, 6.07) is 0. The first-order chi connectivity index (χ1) is 46.0. The fraction of sp³-hybridized carbons (Fsp3) is 0.524. The summed E-state index contributed by atoms with van der Waals surface area (Å²) in [5.41, 5.74) is 19.6. The number of H-pyrrole nitrogens is 3. The fourth-order valence-corrected chi connectivity index (χ4v) is 17.2. The lowest BCUT2D eigenvalue weighted by Crippen LogP contribution is -2.46. The van der Waals surface area contributed by atoms with Gasteiger partial charge in [-0.2, -0.15) is 9.97 Å². The number of aromatic nitrogens is 16. The molecule has 4 fully saturated rings. The molecule has 21 unspecified atom stereocenters. The van der Waals surface area contributed by atoms with E-state index in [1.54, 1.807) is 0 Å². The van der Waals surface area contributed by atoms with Crippen molar-refractivity contribution in [3.05, 3.63) is 62.7 Å². The van der Waals surface area contributed by atoms with Crippen molar-refractivity contribution >= 4 is 129 Å². The number of nitrogens with two attached hydrogens (primary N) is 4. The van der Waals surface area contributed by atoms with E-state index in [4.69, 9.17) is 92.9 Å². The second-order valence-corrected chi connectivity index (χ2v) is 31.4. The van der Waals surface area contributed by atoms with Crippen LogP contribution in [0.5, 0.6) is 0 Å². The van der Waals surface area contributed by atoms with Gasteiger partial charge in [0.2, 0.25) is 23.6 Å². The maximum absolute atomic E-state index is 14.6. The first-order valence-electron chi connectivity index (χ1n) is 27.6. The van der Waals surface area contributed by atoms with Crippen LogP contribution in [-0.2, 0) is 104 Å². The highest BCUT2D eigenvalue weighted by Crippen LogP contribution is 2.63. The number of nitrogens with one attached hydrogen (secondary N) is 3. The Balaban J connectivity index is 0.740. The van der Waals surface area contributed by atoms with Crippen molar-refractivity contribution in [1.82, 2.24) is 73.1 Å². The lowest BCUT2D eigenvalue weighted by Gasteiger charge is -2.37. The third-order valence-corrected chi connectivity index (χ3v) is 22.4. The SMILES string of the molecule is COC1C(OP([O-])(=S)OCC2OC(n3cnc4c(=O)[nH]c(N)nc43)C(O)C2OP([O-])(=S)OCC2OC(n3cnc4c(=O)[nH]c(N)nc43)C(O)C2O)C(COP(=O)([O-])OP(=O)([O-])OP(=O)([O-])OCC2OC([n+]3cn(C)c4c(=O)[nH]c(N)nc43)C(O)C2O)OC1n1cnc2c(N)ncnc21. The quantitative estimate of drug-likeness (QED) is 0.0187. The van der Waals surface area contributed by atoms with E-state index in [2.05, 4.69) is 68.0 Å². The van der Waals surface area contributed by atoms with Crippen LogP contribution in [0.1, 0.15) is 24.9 Å². The molecule has 4 aliphatic heterocycles. The van der Waals surface area contributed by atoms with Gasteiger partial charge in [0.15, 0.2) is 58.8 Å². The lowest BCUT2D eigenvalue weighted by molar-refractivity contribution is -0.745. The number of aryl methyl sites for hydroxylation is 1. The number of hydrogen-bond acceptors (Lipinski definition) is 43. The Hall–Kier alpha value is -6.13. The number of phosphoric acid groups is 3. The molecule has 21 atom stereocenters. The van der Waals surface area contributed by atoms with Crippen LogP contribution in [0.4, 0.5) is 23.7 Å². The van der Waals surface area contributed by atoms with Gasteiger partial charge in [0.05, 0.1) is 52.5 Å². The highest BCUT2D eigenvalue weighted by atomic mass is 32.5. The van der Waals surface area contributed by atoms with Gasteiger partial charge in [-0.05, 0) is 0 Å². The minimum atomic E-state index is -6.67. The van der Waals surface area contributed by atoms with Gasteiger partial charge in [-0.25, -0.2) is 38.1 Å². The molecule has 0 aromatic carbocycles. The Morgan fingerprint density at radius 2 is 1.01 bits per heavy atom. The molecule has 0 bridgehead atoms. The van der Waals surface area contributed by atoms with Crippen molar-refractivity contribution in [1.29, 1.82) is 0 Å². The van der Waals surface area contributed by atoms with Gasteiger partial charge < -0.3 is 124 Å². The van der Waals surface area contributed by atoms with E-state index in [-0.39, 0.29) is 62.4 Å². The highest BCUT2D eigenvalue weighted by molar-refractivity contribution is 8.06. The molecule has 0 aliphatic carbocycles. The third-order valence-electron chi connectivity index (χ3n) is 15.2. The molecule has 0 spiro atoms. The van der Waals surface area contributed by atoms with Crippen LogP contribution >= 0.6 is 36.9 Å². The number of imidazole rings is 4. The smallest absolute Gasteiger partial charge is 0.313 e. The minimum absolute atomic E-state index is 0.0162. The van der Waals surface area contributed by atoms with Crippen LogP contribution in [0.25, 0.3) is 44.7 Å². The molecule has 0 radical (unpaired) electrons. The van der Waals surface area contributed by atoms with Crippen molar-refractivity contribution < 1.29 is 128 Å². The van der Waals surface area contributed by atoms with Crippen molar-refractivity contribution in [3.63, 3.8) is 0 Å². The predicted molar refractivity (Wildman–Crippen MR) is 314 cm³/mol. The number of nitrogen functional groups attached to an aromatic ring is 4. The van der Waals surface area contributed by atoms with Crippen LogP contribution in [-0.4, -0.2) is 205 Å². The Kier molecular flexibility index (Phi) is 19.8. The number of phosphoric ester groups is 2. The average molecular weight is 1520 g/mol. The van der Waals surface area contributed by atoms with Crippen molar-refractivity contribution in [2.24, 2.45) is 7.05 Å². The maximum Gasteiger partial charge on any atom is 0.313 e. The van der Waals surface area contributed by atoms with Crippen molar-refractivity contribution in [2.45, 2.75) is 98.2 Å².